The maximum Gasteiger partial charge on any atom is 0.0784 e. The molecule has 0 aliphatic heterocycles. The number of nitrogens with zero attached hydrogens (tertiary/aromatic N) is 2. The Labute approximate surface area is 167 Å². The van der Waals surface area contributed by atoms with Crippen molar-refractivity contribution in [2.24, 2.45) is 0 Å². The van der Waals surface area contributed by atoms with Crippen molar-refractivity contribution < 1.29 is 8.97 Å². The summed E-state index contributed by atoms with van der Waals surface area (Å²) in [5.74, 6) is 0. The molecule has 0 heterocycles. The third-order valence-electron chi connectivity index (χ3n) is 6.01. The van der Waals surface area contributed by atoms with Gasteiger partial charge in [0.2, 0.25) is 0 Å². The van der Waals surface area contributed by atoms with Gasteiger partial charge in [-0.2, -0.15) is 0 Å². The lowest BCUT2D eigenvalue weighted by Crippen LogP contribution is -2.43. The molecule has 0 saturated heterocycles. The number of hydrogen-bond donors (Lipinski definition) is 0. The number of unbranched alkanes of at least 4 members (excludes halogenated alkanes) is 11. The molecule has 0 rings (SSSR count). The third-order valence-corrected chi connectivity index (χ3v) is 6.01. The van der Waals surface area contributed by atoms with Crippen LogP contribution in [-0.2, 0) is 0 Å². The fourth-order valence-corrected chi connectivity index (χ4v) is 3.94. The largest absolute Gasteiger partial charge is 0.328 e. The van der Waals surface area contributed by atoms with Crippen molar-refractivity contribution in [1.29, 1.82) is 0 Å². The SMILES string of the molecule is CCCCCCCC[N+](C)(C)CCCC[N+](C)(C)CCCCCCCC. The van der Waals surface area contributed by atoms with Crippen LogP contribution >= 0.6 is 0 Å². The van der Waals surface area contributed by atoms with Crippen molar-refractivity contribution in [3.8, 4) is 0 Å². The van der Waals surface area contributed by atoms with E-state index < -0.39 is 0 Å². The lowest BCUT2D eigenvalue weighted by Gasteiger charge is -2.32. The van der Waals surface area contributed by atoms with Crippen LogP contribution in [-0.4, -0.2) is 63.3 Å². The molecule has 0 N–H and O–H groups in total. The summed E-state index contributed by atoms with van der Waals surface area (Å²) < 4.78 is 2.44. The van der Waals surface area contributed by atoms with Gasteiger partial charge in [-0.15, -0.1) is 0 Å². The summed E-state index contributed by atoms with van der Waals surface area (Å²) in [6.07, 6.45) is 19.8. The van der Waals surface area contributed by atoms with Crippen LogP contribution in [0.3, 0.4) is 0 Å². The first-order valence-electron chi connectivity index (χ1n) is 12.0. The highest BCUT2D eigenvalue weighted by molar-refractivity contribution is 4.47. The van der Waals surface area contributed by atoms with E-state index in [1.54, 1.807) is 0 Å². The zero-order valence-corrected chi connectivity index (χ0v) is 19.6. The predicted octanol–water partition coefficient (Wildman–Crippen LogP) is 6.64. The molecule has 0 aliphatic rings. The minimum atomic E-state index is 1.22. The molecule has 0 unspecified atom stereocenters. The summed E-state index contributed by atoms with van der Waals surface area (Å²) >= 11 is 0. The molecular formula is C24H54N2+2. The Morgan fingerprint density at radius 2 is 0.577 bits per heavy atom. The van der Waals surface area contributed by atoms with E-state index in [1.165, 1.54) is 125 Å². The Balaban J connectivity index is 3.66. The first-order chi connectivity index (χ1) is 12.3. The van der Waals surface area contributed by atoms with Crippen molar-refractivity contribution in [1.82, 2.24) is 0 Å². The van der Waals surface area contributed by atoms with Crippen LogP contribution < -0.4 is 0 Å². The van der Waals surface area contributed by atoms with Crippen molar-refractivity contribution in [2.75, 3.05) is 54.4 Å². The first-order valence-corrected chi connectivity index (χ1v) is 12.0. The minimum absolute atomic E-state index is 1.22. The monoisotopic (exact) mass is 370 g/mol. The number of rotatable bonds is 19. The molecule has 0 fully saturated rings. The van der Waals surface area contributed by atoms with Crippen molar-refractivity contribution in [2.45, 2.75) is 104 Å². The minimum Gasteiger partial charge on any atom is -0.328 e. The topological polar surface area (TPSA) is 0 Å². The van der Waals surface area contributed by atoms with E-state index in [0.29, 0.717) is 0 Å². The zero-order valence-electron chi connectivity index (χ0n) is 19.6. The first kappa shape index (κ1) is 25.9. The normalized spacial score (nSPS) is 12.7. The van der Waals surface area contributed by atoms with E-state index in [4.69, 9.17) is 0 Å². The molecule has 0 bridgehead atoms. The van der Waals surface area contributed by atoms with Gasteiger partial charge in [-0.3, -0.25) is 0 Å². The highest BCUT2D eigenvalue weighted by Gasteiger charge is 2.17. The highest BCUT2D eigenvalue weighted by Crippen LogP contribution is 2.12. The average Bonchev–Trinajstić information content (AvgIpc) is 2.58. The van der Waals surface area contributed by atoms with Crippen LogP contribution in [0.1, 0.15) is 104 Å². The van der Waals surface area contributed by atoms with E-state index in [9.17, 15) is 0 Å². The van der Waals surface area contributed by atoms with Gasteiger partial charge in [-0.1, -0.05) is 65.2 Å². The molecule has 0 radical (unpaired) electrons. The molecule has 2 heteroatoms. The molecule has 0 aromatic heterocycles. The smallest absolute Gasteiger partial charge is 0.0784 e. The van der Waals surface area contributed by atoms with Crippen LogP contribution in [0.5, 0.6) is 0 Å². The second-order valence-corrected chi connectivity index (χ2v) is 10.0. The van der Waals surface area contributed by atoms with E-state index in [0.717, 1.165) is 0 Å². The van der Waals surface area contributed by atoms with Gasteiger partial charge >= 0.3 is 0 Å². The van der Waals surface area contributed by atoms with E-state index in [-0.39, 0.29) is 0 Å². The Morgan fingerprint density at radius 3 is 0.885 bits per heavy atom. The Morgan fingerprint density at radius 1 is 0.346 bits per heavy atom. The van der Waals surface area contributed by atoms with Crippen LogP contribution in [0.4, 0.5) is 0 Å². The molecule has 2 nitrogen and oxygen atoms in total. The fourth-order valence-electron chi connectivity index (χ4n) is 3.94. The molecule has 0 atom stereocenters. The van der Waals surface area contributed by atoms with Gasteiger partial charge in [0.05, 0.1) is 54.4 Å². The quantitative estimate of drug-likeness (QED) is 0.176. The Kier molecular flexibility index (Phi) is 15.9. The maximum atomic E-state index is 2.43. The van der Waals surface area contributed by atoms with Crippen LogP contribution in [0.15, 0.2) is 0 Å². The molecule has 0 spiro atoms. The zero-order chi connectivity index (χ0) is 19.7. The lowest BCUT2D eigenvalue weighted by molar-refractivity contribution is -0.897. The molecule has 0 aromatic rings. The van der Waals surface area contributed by atoms with Crippen LogP contribution in [0.25, 0.3) is 0 Å². The molecular weight excluding hydrogens is 316 g/mol. The second-order valence-electron chi connectivity index (χ2n) is 10.0. The Hall–Kier alpha value is -0.0800. The lowest BCUT2D eigenvalue weighted by atomic mass is 10.1. The Bertz CT molecular complexity index is 267. The summed E-state index contributed by atoms with van der Waals surface area (Å²) in [6.45, 7) is 10.0. The highest BCUT2D eigenvalue weighted by atomic mass is 15.3. The molecule has 0 saturated carbocycles. The van der Waals surface area contributed by atoms with Crippen molar-refractivity contribution in [3.63, 3.8) is 0 Å². The molecule has 0 aromatic carbocycles. The standard InChI is InChI=1S/C24H54N2/c1-7-9-11-13-15-17-21-25(3,4)23-19-20-24-26(5,6)22-18-16-14-12-10-8-2/h7-24H2,1-6H3/q+2. The maximum absolute atomic E-state index is 2.43. The van der Waals surface area contributed by atoms with Gasteiger partial charge in [-0.05, 0) is 25.7 Å². The van der Waals surface area contributed by atoms with Crippen molar-refractivity contribution in [3.05, 3.63) is 0 Å². The van der Waals surface area contributed by atoms with E-state index in [2.05, 4.69) is 42.0 Å². The van der Waals surface area contributed by atoms with Crippen LogP contribution in [0.2, 0.25) is 0 Å². The van der Waals surface area contributed by atoms with Gasteiger partial charge in [0.15, 0.2) is 0 Å². The van der Waals surface area contributed by atoms with Gasteiger partial charge in [-0.25, -0.2) is 0 Å². The van der Waals surface area contributed by atoms with Gasteiger partial charge in [0.1, 0.15) is 0 Å². The van der Waals surface area contributed by atoms with Crippen LogP contribution in [0, 0.1) is 0 Å². The molecule has 26 heavy (non-hydrogen) atoms. The fraction of sp³-hybridized carbons (Fsp3) is 1.00. The summed E-state index contributed by atoms with van der Waals surface area (Å²) in [5.41, 5.74) is 0. The average molecular weight is 371 g/mol. The van der Waals surface area contributed by atoms with Gasteiger partial charge in [0.25, 0.3) is 0 Å². The second kappa shape index (κ2) is 15.9. The molecule has 0 aliphatic carbocycles. The van der Waals surface area contributed by atoms with Crippen molar-refractivity contribution >= 4 is 0 Å². The van der Waals surface area contributed by atoms with Gasteiger partial charge in [0, 0.05) is 12.8 Å². The van der Waals surface area contributed by atoms with Gasteiger partial charge < -0.3 is 8.97 Å². The number of quaternary nitrogens is 2. The predicted molar refractivity (Wildman–Crippen MR) is 120 cm³/mol. The third kappa shape index (κ3) is 17.3. The molecule has 158 valence electrons. The molecule has 0 amide bonds. The summed E-state index contributed by atoms with van der Waals surface area (Å²) in [7, 11) is 9.73. The summed E-state index contributed by atoms with van der Waals surface area (Å²) in [4.78, 5) is 0. The summed E-state index contributed by atoms with van der Waals surface area (Å²) in [5, 5.41) is 0. The summed E-state index contributed by atoms with van der Waals surface area (Å²) in [6, 6.07) is 0. The number of hydrogen-bond acceptors (Lipinski definition) is 0. The van der Waals surface area contributed by atoms with E-state index >= 15 is 0 Å². The van der Waals surface area contributed by atoms with E-state index in [1.807, 2.05) is 0 Å².